The van der Waals surface area contributed by atoms with E-state index in [4.69, 9.17) is 0 Å². The van der Waals surface area contributed by atoms with Gasteiger partial charge in [-0.05, 0) is 18.1 Å². The molecule has 19 heavy (non-hydrogen) atoms. The molecule has 0 fully saturated rings. The molecule has 1 rings (SSSR count). The molecule has 2 N–H and O–H groups in total. The molecule has 0 radical (unpaired) electrons. The minimum atomic E-state index is 0.0527. The van der Waals surface area contributed by atoms with Crippen molar-refractivity contribution >= 4 is 5.96 Å². The molecule has 0 aliphatic carbocycles. The Labute approximate surface area is 116 Å². The van der Waals surface area contributed by atoms with Crippen LogP contribution in [0.25, 0.3) is 0 Å². The molecular formula is C16H25N3. The summed E-state index contributed by atoms with van der Waals surface area (Å²) < 4.78 is 0. The van der Waals surface area contributed by atoms with Gasteiger partial charge in [0.15, 0.2) is 5.96 Å². The highest BCUT2D eigenvalue weighted by atomic mass is 15.2. The molecule has 0 spiro atoms. The lowest BCUT2D eigenvalue weighted by Gasteiger charge is -2.28. The van der Waals surface area contributed by atoms with E-state index in [0.717, 1.165) is 12.5 Å². The average Bonchev–Trinajstić information content (AvgIpc) is 2.39. The topological polar surface area (TPSA) is 36.4 Å². The summed E-state index contributed by atoms with van der Waals surface area (Å²) in [6, 6.07) is 8.51. The summed E-state index contributed by atoms with van der Waals surface area (Å²) in [6.45, 7) is 11.9. The van der Waals surface area contributed by atoms with Gasteiger partial charge in [0.05, 0.1) is 0 Å². The predicted molar refractivity (Wildman–Crippen MR) is 83.8 cm³/mol. The smallest absolute Gasteiger partial charge is 0.191 e. The zero-order valence-electron chi connectivity index (χ0n) is 12.5. The Bertz CT molecular complexity index is 447. The van der Waals surface area contributed by atoms with Crippen molar-refractivity contribution in [1.29, 1.82) is 0 Å². The number of aliphatic imine (C=N–C) groups is 1. The molecule has 104 valence electrons. The fourth-order valence-electron chi connectivity index (χ4n) is 2.12. The Morgan fingerprint density at radius 3 is 2.58 bits per heavy atom. The van der Waals surface area contributed by atoms with Gasteiger partial charge in [0.2, 0.25) is 0 Å². The molecule has 1 aromatic carbocycles. The van der Waals surface area contributed by atoms with Gasteiger partial charge < -0.3 is 10.6 Å². The second kappa shape index (κ2) is 6.98. The quantitative estimate of drug-likeness (QED) is 0.484. The Kier molecular flexibility index (Phi) is 5.61. The number of aryl methyl sites for hydroxylation is 1. The first-order valence-corrected chi connectivity index (χ1v) is 6.63. The monoisotopic (exact) mass is 259 g/mol. The number of nitrogens with one attached hydrogen (secondary N) is 2. The summed E-state index contributed by atoms with van der Waals surface area (Å²) >= 11 is 0. The standard InChI is InChI=1S/C16H25N3/c1-6-11-18-15(17-5)19-12-16(3,4)14-10-8-7-9-13(14)2/h6-10H,1,11-12H2,2-5H3,(H2,17,18,19). The third-order valence-corrected chi connectivity index (χ3v) is 3.21. The Hall–Kier alpha value is -1.77. The molecule has 0 unspecified atom stereocenters. The molecule has 0 aromatic heterocycles. The van der Waals surface area contributed by atoms with E-state index in [-0.39, 0.29) is 5.41 Å². The van der Waals surface area contributed by atoms with Crippen LogP contribution in [0.5, 0.6) is 0 Å². The summed E-state index contributed by atoms with van der Waals surface area (Å²) in [5.41, 5.74) is 2.74. The van der Waals surface area contributed by atoms with Gasteiger partial charge in [0, 0.05) is 25.6 Å². The SMILES string of the molecule is C=CCNC(=NC)NCC(C)(C)c1ccccc1C. The first kappa shape index (κ1) is 15.3. The Balaban J connectivity index is 2.70. The second-order valence-corrected chi connectivity index (χ2v) is 5.29. The maximum atomic E-state index is 4.19. The van der Waals surface area contributed by atoms with Crippen LogP contribution in [0.1, 0.15) is 25.0 Å². The van der Waals surface area contributed by atoms with E-state index < -0.39 is 0 Å². The van der Waals surface area contributed by atoms with Crippen molar-refractivity contribution in [3.8, 4) is 0 Å². The molecule has 3 heteroatoms. The van der Waals surface area contributed by atoms with E-state index in [9.17, 15) is 0 Å². The summed E-state index contributed by atoms with van der Waals surface area (Å²) in [7, 11) is 1.78. The minimum Gasteiger partial charge on any atom is -0.356 e. The molecule has 0 aliphatic heterocycles. The van der Waals surface area contributed by atoms with Crippen LogP contribution in [0.2, 0.25) is 0 Å². The van der Waals surface area contributed by atoms with Gasteiger partial charge >= 0.3 is 0 Å². The lowest BCUT2D eigenvalue weighted by Crippen LogP contribution is -2.43. The first-order valence-electron chi connectivity index (χ1n) is 6.63. The summed E-state index contributed by atoms with van der Waals surface area (Å²) in [6.07, 6.45) is 1.82. The molecule has 3 nitrogen and oxygen atoms in total. The van der Waals surface area contributed by atoms with Crippen LogP contribution >= 0.6 is 0 Å². The number of hydrogen-bond acceptors (Lipinski definition) is 1. The van der Waals surface area contributed by atoms with E-state index in [2.05, 4.69) is 67.2 Å². The average molecular weight is 259 g/mol. The van der Waals surface area contributed by atoms with Crippen molar-refractivity contribution in [2.75, 3.05) is 20.1 Å². The van der Waals surface area contributed by atoms with Gasteiger partial charge in [0.25, 0.3) is 0 Å². The summed E-state index contributed by atoms with van der Waals surface area (Å²) in [4.78, 5) is 4.19. The minimum absolute atomic E-state index is 0.0527. The predicted octanol–water partition coefficient (Wildman–Crippen LogP) is 2.62. The van der Waals surface area contributed by atoms with Crippen LogP contribution in [-0.2, 0) is 5.41 Å². The van der Waals surface area contributed by atoms with E-state index >= 15 is 0 Å². The highest BCUT2D eigenvalue weighted by Crippen LogP contribution is 2.25. The Morgan fingerprint density at radius 1 is 1.32 bits per heavy atom. The van der Waals surface area contributed by atoms with E-state index in [1.807, 2.05) is 6.08 Å². The largest absolute Gasteiger partial charge is 0.356 e. The molecular weight excluding hydrogens is 234 g/mol. The molecule has 0 saturated heterocycles. The number of guanidine groups is 1. The maximum absolute atomic E-state index is 4.19. The molecule has 0 saturated carbocycles. The number of rotatable bonds is 5. The van der Waals surface area contributed by atoms with Gasteiger partial charge in [-0.25, -0.2) is 0 Å². The highest BCUT2D eigenvalue weighted by Gasteiger charge is 2.22. The van der Waals surface area contributed by atoms with Crippen molar-refractivity contribution in [3.63, 3.8) is 0 Å². The van der Waals surface area contributed by atoms with Crippen molar-refractivity contribution in [2.45, 2.75) is 26.2 Å². The van der Waals surface area contributed by atoms with Crippen molar-refractivity contribution < 1.29 is 0 Å². The van der Waals surface area contributed by atoms with Crippen LogP contribution in [0.3, 0.4) is 0 Å². The number of nitrogens with zero attached hydrogens (tertiary/aromatic N) is 1. The zero-order chi connectivity index (χ0) is 14.3. The lowest BCUT2D eigenvalue weighted by molar-refractivity contribution is 0.506. The van der Waals surface area contributed by atoms with Crippen molar-refractivity contribution in [2.24, 2.45) is 4.99 Å². The zero-order valence-corrected chi connectivity index (χ0v) is 12.5. The molecule has 1 aromatic rings. The molecule has 0 bridgehead atoms. The van der Waals surface area contributed by atoms with Gasteiger partial charge in [-0.3, -0.25) is 4.99 Å². The second-order valence-electron chi connectivity index (χ2n) is 5.29. The van der Waals surface area contributed by atoms with Crippen molar-refractivity contribution in [3.05, 3.63) is 48.0 Å². The third kappa shape index (κ3) is 4.43. The fourth-order valence-corrected chi connectivity index (χ4v) is 2.12. The van der Waals surface area contributed by atoms with Gasteiger partial charge in [-0.15, -0.1) is 6.58 Å². The molecule has 0 heterocycles. The van der Waals surface area contributed by atoms with Crippen LogP contribution < -0.4 is 10.6 Å². The lowest BCUT2D eigenvalue weighted by atomic mass is 9.82. The maximum Gasteiger partial charge on any atom is 0.191 e. The van der Waals surface area contributed by atoms with Crippen LogP contribution in [-0.4, -0.2) is 26.1 Å². The molecule has 0 amide bonds. The van der Waals surface area contributed by atoms with Gasteiger partial charge in [-0.1, -0.05) is 44.2 Å². The number of hydrogen-bond donors (Lipinski definition) is 2. The summed E-state index contributed by atoms with van der Waals surface area (Å²) in [5.74, 6) is 0.807. The fraction of sp³-hybridized carbons (Fsp3) is 0.438. The first-order chi connectivity index (χ1) is 9.01. The van der Waals surface area contributed by atoms with Crippen LogP contribution in [0.15, 0.2) is 41.9 Å². The molecule has 0 aliphatic rings. The van der Waals surface area contributed by atoms with E-state index in [0.29, 0.717) is 6.54 Å². The van der Waals surface area contributed by atoms with Crippen LogP contribution in [0.4, 0.5) is 0 Å². The third-order valence-electron chi connectivity index (χ3n) is 3.21. The van der Waals surface area contributed by atoms with Gasteiger partial charge in [-0.2, -0.15) is 0 Å². The van der Waals surface area contributed by atoms with Crippen molar-refractivity contribution in [1.82, 2.24) is 10.6 Å². The normalized spacial score (nSPS) is 12.1. The number of benzene rings is 1. The van der Waals surface area contributed by atoms with E-state index in [1.54, 1.807) is 7.05 Å². The molecule has 0 atom stereocenters. The van der Waals surface area contributed by atoms with Crippen LogP contribution in [0, 0.1) is 6.92 Å². The van der Waals surface area contributed by atoms with Gasteiger partial charge in [0.1, 0.15) is 0 Å². The highest BCUT2D eigenvalue weighted by molar-refractivity contribution is 5.79. The Morgan fingerprint density at radius 2 is 2.00 bits per heavy atom. The summed E-state index contributed by atoms with van der Waals surface area (Å²) in [5, 5.41) is 6.54. The van der Waals surface area contributed by atoms with E-state index in [1.165, 1.54) is 11.1 Å².